The van der Waals surface area contributed by atoms with Gasteiger partial charge in [0.15, 0.2) is 6.61 Å². The highest BCUT2D eigenvalue weighted by Crippen LogP contribution is 2.55. The second-order valence-electron chi connectivity index (χ2n) is 8.52. The van der Waals surface area contributed by atoms with Gasteiger partial charge in [-0.15, -0.1) is 0 Å². The average Bonchev–Trinajstić information content (AvgIpc) is 3.43. The molecule has 1 saturated carbocycles. The van der Waals surface area contributed by atoms with E-state index in [9.17, 15) is 19.2 Å². The SMILES string of the molecule is CC1=C[C@H]2C[C@H]1[C@H]1C(=O)N(c3cccc(C(=O)OCC(=O)Nc4ccccc4)c3)C(=O)[C@@H]12. The van der Waals surface area contributed by atoms with Gasteiger partial charge in [0.25, 0.3) is 5.91 Å². The van der Waals surface area contributed by atoms with E-state index in [0.29, 0.717) is 11.4 Å². The number of nitrogens with one attached hydrogen (secondary N) is 1. The van der Waals surface area contributed by atoms with Crippen molar-refractivity contribution in [2.75, 3.05) is 16.8 Å². The van der Waals surface area contributed by atoms with Gasteiger partial charge >= 0.3 is 5.97 Å². The maximum atomic E-state index is 13.1. The van der Waals surface area contributed by atoms with Crippen molar-refractivity contribution in [2.24, 2.45) is 23.7 Å². The Labute approximate surface area is 185 Å². The van der Waals surface area contributed by atoms with E-state index in [2.05, 4.69) is 11.4 Å². The van der Waals surface area contributed by atoms with Crippen molar-refractivity contribution in [2.45, 2.75) is 13.3 Å². The van der Waals surface area contributed by atoms with Crippen molar-refractivity contribution in [3.8, 4) is 0 Å². The van der Waals surface area contributed by atoms with Crippen LogP contribution in [0.2, 0.25) is 0 Å². The van der Waals surface area contributed by atoms with Crippen LogP contribution in [0.4, 0.5) is 11.4 Å². The van der Waals surface area contributed by atoms with Crippen LogP contribution in [-0.2, 0) is 19.1 Å². The van der Waals surface area contributed by atoms with E-state index in [4.69, 9.17) is 4.74 Å². The van der Waals surface area contributed by atoms with E-state index < -0.39 is 18.5 Å². The van der Waals surface area contributed by atoms with Gasteiger partial charge in [0.2, 0.25) is 11.8 Å². The summed E-state index contributed by atoms with van der Waals surface area (Å²) in [7, 11) is 0. The molecule has 4 atom stereocenters. The summed E-state index contributed by atoms with van der Waals surface area (Å²) in [5.74, 6) is -1.95. The first kappa shape index (κ1) is 20.2. The number of benzene rings is 2. The van der Waals surface area contributed by atoms with Crippen molar-refractivity contribution in [3.05, 3.63) is 71.8 Å². The number of carbonyl (C=O) groups excluding carboxylic acids is 4. The van der Waals surface area contributed by atoms with Gasteiger partial charge in [-0.2, -0.15) is 0 Å². The first-order valence-corrected chi connectivity index (χ1v) is 10.6. The van der Waals surface area contributed by atoms with Gasteiger partial charge in [0.05, 0.1) is 23.1 Å². The first-order valence-electron chi connectivity index (χ1n) is 10.6. The summed E-state index contributed by atoms with van der Waals surface area (Å²) in [5.41, 5.74) is 2.32. The third-order valence-corrected chi connectivity index (χ3v) is 6.61. The molecule has 1 aliphatic heterocycles. The number of allylic oxidation sites excluding steroid dienone is 2. The van der Waals surface area contributed by atoms with Crippen LogP contribution in [0.1, 0.15) is 23.7 Å². The van der Waals surface area contributed by atoms with Gasteiger partial charge in [-0.05, 0) is 55.5 Å². The molecule has 2 fully saturated rings. The zero-order valence-electron chi connectivity index (χ0n) is 17.5. The molecule has 2 aromatic carbocycles. The van der Waals surface area contributed by atoms with Crippen LogP contribution in [0.3, 0.4) is 0 Å². The molecule has 0 radical (unpaired) electrons. The number of imide groups is 1. The van der Waals surface area contributed by atoms with Crippen molar-refractivity contribution < 1.29 is 23.9 Å². The van der Waals surface area contributed by atoms with Gasteiger partial charge < -0.3 is 10.1 Å². The van der Waals surface area contributed by atoms with Crippen molar-refractivity contribution in [1.82, 2.24) is 0 Å². The lowest BCUT2D eigenvalue weighted by Crippen LogP contribution is -2.33. The number of ether oxygens (including phenoxy) is 1. The second kappa shape index (κ2) is 7.75. The molecule has 0 unspecified atom stereocenters. The molecule has 2 aliphatic carbocycles. The zero-order chi connectivity index (χ0) is 22.4. The van der Waals surface area contributed by atoms with Crippen LogP contribution in [-0.4, -0.2) is 30.3 Å². The van der Waals surface area contributed by atoms with E-state index in [1.54, 1.807) is 36.4 Å². The maximum absolute atomic E-state index is 13.1. The fourth-order valence-corrected chi connectivity index (χ4v) is 5.23. The number of carbonyl (C=O) groups is 4. The topological polar surface area (TPSA) is 92.8 Å². The lowest BCUT2D eigenvalue weighted by molar-refractivity contribution is -0.123. The molecule has 7 heteroatoms. The van der Waals surface area contributed by atoms with Crippen LogP contribution in [0.5, 0.6) is 0 Å². The molecule has 162 valence electrons. The molecular weight excluding hydrogens is 408 g/mol. The van der Waals surface area contributed by atoms with Gasteiger partial charge in [-0.1, -0.05) is 35.9 Å². The molecule has 32 heavy (non-hydrogen) atoms. The number of hydrogen-bond donors (Lipinski definition) is 1. The minimum Gasteiger partial charge on any atom is -0.452 e. The fraction of sp³-hybridized carbons (Fsp3) is 0.280. The monoisotopic (exact) mass is 430 g/mol. The number of para-hydroxylation sites is 1. The number of anilines is 2. The van der Waals surface area contributed by atoms with E-state index in [1.165, 1.54) is 22.6 Å². The molecule has 0 aromatic heterocycles. The number of nitrogens with zero attached hydrogens (tertiary/aromatic N) is 1. The van der Waals surface area contributed by atoms with Gasteiger partial charge in [0, 0.05) is 5.69 Å². The summed E-state index contributed by atoms with van der Waals surface area (Å²) in [5, 5.41) is 2.64. The third kappa shape index (κ3) is 3.30. The minimum atomic E-state index is -0.702. The smallest absolute Gasteiger partial charge is 0.338 e. The number of fused-ring (bicyclic) bond motifs is 5. The third-order valence-electron chi connectivity index (χ3n) is 6.61. The summed E-state index contributed by atoms with van der Waals surface area (Å²) in [6, 6.07) is 15.1. The number of esters is 1. The Kier molecular flexibility index (Phi) is 4.89. The number of rotatable bonds is 5. The molecule has 3 amide bonds. The standard InChI is InChI=1S/C25H22N2O5/c1-14-10-16-12-19(14)22-21(16)23(29)27(24(22)30)18-9-5-6-15(11-18)25(31)32-13-20(28)26-17-7-3-2-4-8-17/h2-11,16,19,21-22H,12-13H2,1H3,(H,26,28)/t16-,19+,21+,22+/m0/s1. The fourth-order valence-electron chi connectivity index (χ4n) is 5.23. The largest absolute Gasteiger partial charge is 0.452 e. The van der Waals surface area contributed by atoms with Crippen molar-refractivity contribution in [3.63, 3.8) is 0 Å². The van der Waals surface area contributed by atoms with Gasteiger partial charge in [0.1, 0.15) is 0 Å². The highest BCUT2D eigenvalue weighted by Gasteiger charge is 2.60. The van der Waals surface area contributed by atoms with E-state index in [-0.39, 0.29) is 41.0 Å². The Balaban J connectivity index is 1.27. The summed E-state index contributed by atoms with van der Waals surface area (Å²) in [4.78, 5) is 51.9. The summed E-state index contributed by atoms with van der Waals surface area (Å²) < 4.78 is 5.12. The van der Waals surface area contributed by atoms with Crippen LogP contribution in [0.25, 0.3) is 0 Å². The normalized spacial score (nSPS) is 25.5. The molecular formula is C25H22N2O5. The molecule has 1 saturated heterocycles. The zero-order valence-corrected chi connectivity index (χ0v) is 17.5. The van der Waals surface area contributed by atoms with Crippen molar-refractivity contribution >= 4 is 35.1 Å². The van der Waals surface area contributed by atoms with E-state index in [0.717, 1.165) is 6.42 Å². The molecule has 3 aliphatic rings. The Morgan fingerprint density at radius 1 is 1.03 bits per heavy atom. The Morgan fingerprint density at radius 3 is 2.56 bits per heavy atom. The van der Waals surface area contributed by atoms with Crippen LogP contribution in [0, 0.1) is 23.7 Å². The molecule has 2 aromatic rings. The maximum Gasteiger partial charge on any atom is 0.338 e. The van der Waals surface area contributed by atoms with E-state index >= 15 is 0 Å². The lowest BCUT2D eigenvalue weighted by atomic mass is 9.82. The molecule has 0 spiro atoms. The lowest BCUT2D eigenvalue weighted by Gasteiger charge is -2.19. The summed E-state index contributed by atoms with van der Waals surface area (Å²) in [6.45, 7) is 1.57. The molecule has 7 nitrogen and oxygen atoms in total. The Morgan fingerprint density at radius 2 is 1.78 bits per heavy atom. The van der Waals surface area contributed by atoms with Crippen LogP contribution < -0.4 is 10.2 Å². The van der Waals surface area contributed by atoms with Crippen LogP contribution >= 0.6 is 0 Å². The molecule has 2 bridgehead atoms. The highest BCUT2D eigenvalue weighted by molar-refractivity contribution is 6.23. The molecule has 5 rings (SSSR count). The Bertz CT molecular complexity index is 1160. The predicted octanol–water partition coefficient (Wildman–Crippen LogP) is 3.18. The van der Waals surface area contributed by atoms with Gasteiger partial charge in [-0.25, -0.2) is 9.69 Å². The quantitative estimate of drug-likeness (QED) is 0.447. The Hall–Kier alpha value is -3.74. The van der Waals surface area contributed by atoms with Crippen LogP contribution in [0.15, 0.2) is 66.2 Å². The molecule has 1 N–H and O–H groups in total. The minimum absolute atomic E-state index is 0.114. The molecule has 1 heterocycles. The highest BCUT2D eigenvalue weighted by atomic mass is 16.5. The van der Waals surface area contributed by atoms with Gasteiger partial charge in [-0.3, -0.25) is 14.4 Å². The summed E-state index contributed by atoms with van der Waals surface area (Å²) in [6.07, 6.45) is 2.98. The number of hydrogen-bond acceptors (Lipinski definition) is 5. The first-order chi connectivity index (χ1) is 15.4. The second-order valence-corrected chi connectivity index (χ2v) is 8.52. The predicted molar refractivity (Wildman–Crippen MR) is 117 cm³/mol. The summed E-state index contributed by atoms with van der Waals surface area (Å²) >= 11 is 0. The van der Waals surface area contributed by atoms with E-state index in [1.807, 2.05) is 13.0 Å². The average molecular weight is 430 g/mol. The van der Waals surface area contributed by atoms with Crippen molar-refractivity contribution in [1.29, 1.82) is 0 Å². The number of amides is 3.